The Morgan fingerprint density at radius 2 is 0.825 bits per heavy atom. The highest BCUT2D eigenvalue weighted by Crippen LogP contribution is 2.33. The summed E-state index contributed by atoms with van der Waals surface area (Å²) in [5.41, 5.74) is 1.49. The smallest absolute Gasteiger partial charge is 0.285 e. The van der Waals surface area contributed by atoms with Crippen LogP contribution in [0.2, 0.25) is 0 Å². The van der Waals surface area contributed by atoms with Gasteiger partial charge in [-0.15, -0.1) is 0 Å². The highest BCUT2D eigenvalue weighted by atomic mass is 16.9. The van der Waals surface area contributed by atoms with Crippen LogP contribution in [0.1, 0.15) is 167 Å². The molecule has 0 spiro atoms. The predicted molar refractivity (Wildman–Crippen MR) is 174 cm³/mol. The average Bonchev–Trinajstić information content (AvgIpc) is 2.99. The molecule has 0 fully saturated rings. The van der Waals surface area contributed by atoms with Gasteiger partial charge < -0.3 is 14.2 Å². The van der Waals surface area contributed by atoms with Gasteiger partial charge in [0, 0.05) is 27.2 Å². The lowest BCUT2D eigenvalue weighted by molar-refractivity contribution is -0.380. The molecule has 0 aliphatic rings. The first-order valence-corrected chi connectivity index (χ1v) is 17.4. The Kier molecular flexibility index (Phi) is 25.0. The third-order valence-electron chi connectivity index (χ3n) is 8.87. The first-order valence-electron chi connectivity index (χ1n) is 17.4. The third kappa shape index (κ3) is 18.5. The van der Waals surface area contributed by atoms with Gasteiger partial charge in [0.05, 0.1) is 0 Å². The Labute approximate surface area is 250 Å². The monoisotopic (exact) mass is 561 g/mol. The lowest BCUT2D eigenvalue weighted by Gasteiger charge is -2.36. The fraction of sp³-hybridized carbons (Fsp3) is 0.838. The molecule has 0 aliphatic heterocycles. The van der Waals surface area contributed by atoms with Crippen LogP contribution in [0.25, 0.3) is 0 Å². The van der Waals surface area contributed by atoms with Crippen molar-refractivity contribution in [2.75, 3.05) is 21.3 Å². The van der Waals surface area contributed by atoms with Crippen LogP contribution < -0.4 is 0 Å². The fourth-order valence-electron chi connectivity index (χ4n) is 6.26. The van der Waals surface area contributed by atoms with Gasteiger partial charge in [0.1, 0.15) is 0 Å². The van der Waals surface area contributed by atoms with Crippen LogP contribution in [0.15, 0.2) is 30.3 Å². The number of hydrogen-bond donors (Lipinski definition) is 0. The minimum atomic E-state index is -0.883. The molecule has 0 aromatic heterocycles. The molecule has 234 valence electrons. The van der Waals surface area contributed by atoms with Crippen molar-refractivity contribution in [2.45, 2.75) is 173 Å². The summed E-state index contributed by atoms with van der Waals surface area (Å²) in [6, 6.07) is 10.9. The molecule has 40 heavy (non-hydrogen) atoms. The molecule has 3 nitrogen and oxygen atoms in total. The zero-order chi connectivity index (χ0) is 29.0. The van der Waals surface area contributed by atoms with Crippen LogP contribution in [-0.4, -0.2) is 27.3 Å². The summed E-state index contributed by atoms with van der Waals surface area (Å²) in [6.45, 7) is 2.28. The number of unbranched alkanes of at least 4 members (excludes halogenated alkanes) is 20. The van der Waals surface area contributed by atoms with Crippen LogP contribution in [0.5, 0.6) is 0 Å². The van der Waals surface area contributed by atoms with E-state index in [4.69, 9.17) is 14.2 Å². The van der Waals surface area contributed by atoms with Gasteiger partial charge in [-0.2, -0.15) is 0 Å². The molecule has 0 radical (unpaired) electrons. The number of aryl methyl sites for hydroxylation is 1. The average molecular weight is 561 g/mol. The second-order valence-electron chi connectivity index (χ2n) is 12.2. The lowest BCUT2D eigenvalue weighted by atomic mass is 9.91. The maximum Gasteiger partial charge on any atom is 0.285 e. The molecule has 0 amide bonds. The summed E-state index contributed by atoms with van der Waals surface area (Å²) < 4.78 is 17.2. The largest absolute Gasteiger partial charge is 0.331 e. The normalized spacial score (nSPS) is 12.7. The van der Waals surface area contributed by atoms with Gasteiger partial charge in [0.25, 0.3) is 5.97 Å². The number of hydrogen-bond acceptors (Lipinski definition) is 3. The predicted octanol–water partition coefficient (Wildman–Crippen LogP) is 11.8. The van der Waals surface area contributed by atoms with E-state index in [0.29, 0.717) is 5.92 Å². The van der Waals surface area contributed by atoms with Gasteiger partial charge in [-0.05, 0) is 31.2 Å². The molecular weight excluding hydrogens is 492 g/mol. The van der Waals surface area contributed by atoms with Crippen molar-refractivity contribution >= 4 is 0 Å². The minimum Gasteiger partial charge on any atom is -0.331 e. The Balaban J connectivity index is 1.95. The minimum absolute atomic E-state index is 0.304. The van der Waals surface area contributed by atoms with Gasteiger partial charge in [-0.25, -0.2) is 0 Å². The molecule has 0 heterocycles. The molecule has 1 aromatic carbocycles. The van der Waals surface area contributed by atoms with Crippen molar-refractivity contribution in [1.82, 2.24) is 0 Å². The number of benzene rings is 1. The van der Waals surface area contributed by atoms with Gasteiger partial charge in [0.15, 0.2) is 0 Å². The fourth-order valence-corrected chi connectivity index (χ4v) is 6.26. The van der Waals surface area contributed by atoms with Crippen LogP contribution in [-0.2, 0) is 20.6 Å². The number of ether oxygens (including phenoxy) is 3. The molecule has 1 unspecified atom stereocenters. The first kappa shape index (κ1) is 37.1. The van der Waals surface area contributed by atoms with Crippen LogP contribution >= 0.6 is 0 Å². The van der Waals surface area contributed by atoms with Crippen LogP contribution in [0.3, 0.4) is 0 Å². The topological polar surface area (TPSA) is 27.7 Å². The second-order valence-corrected chi connectivity index (χ2v) is 12.2. The summed E-state index contributed by atoms with van der Waals surface area (Å²) in [5.74, 6) is -0.579. The molecule has 1 aromatic rings. The van der Waals surface area contributed by atoms with E-state index < -0.39 is 5.97 Å². The Hall–Kier alpha value is -0.900. The zero-order valence-corrected chi connectivity index (χ0v) is 27.4. The Morgan fingerprint density at radius 1 is 0.475 bits per heavy atom. The van der Waals surface area contributed by atoms with E-state index in [1.807, 2.05) is 0 Å². The lowest BCUT2D eigenvalue weighted by Crippen LogP contribution is -2.44. The second kappa shape index (κ2) is 27.0. The first-order chi connectivity index (χ1) is 19.7. The molecule has 0 saturated heterocycles. The Morgan fingerprint density at radius 3 is 1.20 bits per heavy atom. The standard InChI is InChI=1S/C37H68O3/c1-5-6-7-8-22-28-33-36(37(38-2,39-3)40-4)34-29-23-20-18-16-14-12-10-9-11-13-15-17-19-21-25-30-35-31-26-24-27-32-35/h24,26-27,31-32,36H,5-23,25,28-30,33-34H2,1-4H3. The maximum atomic E-state index is 5.75. The molecule has 1 rings (SSSR count). The van der Waals surface area contributed by atoms with Gasteiger partial charge >= 0.3 is 0 Å². The summed E-state index contributed by atoms with van der Waals surface area (Å²) >= 11 is 0. The van der Waals surface area contributed by atoms with Crippen LogP contribution in [0, 0.1) is 5.92 Å². The van der Waals surface area contributed by atoms with E-state index in [9.17, 15) is 0 Å². The summed E-state index contributed by atoms with van der Waals surface area (Å²) in [7, 11) is 5.16. The maximum absolute atomic E-state index is 5.75. The molecule has 3 heteroatoms. The molecule has 0 N–H and O–H groups in total. The van der Waals surface area contributed by atoms with Crippen molar-refractivity contribution < 1.29 is 14.2 Å². The van der Waals surface area contributed by atoms with E-state index in [1.165, 1.54) is 153 Å². The molecule has 1 atom stereocenters. The number of rotatable bonds is 30. The van der Waals surface area contributed by atoms with Crippen molar-refractivity contribution in [2.24, 2.45) is 5.92 Å². The molecular formula is C37H68O3. The summed E-state index contributed by atoms with van der Waals surface area (Å²) in [6.07, 6.45) is 33.7. The van der Waals surface area contributed by atoms with E-state index in [1.54, 1.807) is 21.3 Å². The van der Waals surface area contributed by atoms with Crippen molar-refractivity contribution in [1.29, 1.82) is 0 Å². The zero-order valence-electron chi connectivity index (χ0n) is 27.4. The molecule has 0 bridgehead atoms. The van der Waals surface area contributed by atoms with Crippen LogP contribution in [0.4, 0.5) is 0 Å². The summed E-state index contributed by atoms with van der Waals surface area (Å²) in [4.78, 5) is 0. The van der Waals surface area contributed by atoms with Gasteiger partial charge in [-0.3, -0.25) is 0 Å². The van der Waals surface area contributed by atoms with E-state index in [0.717, 1.165) is 12.8 Å². The number of methoxy groups -OCH3 is 3. The van der Waals surface area contributed by atoms with Crippen molar-refractivity contribution in [3.05, 3.63) is 35.9 Å². The highest BCUT2D eigenvalue weighted by Gasteiger charge is 2.39. The van der Waals surface area contributed by atoms with E-state index in [-0.39, 0.29) is 0 Å². The van der Waals surface area contributed by atoms with Crippen molar-refractivity contribution in [3.63, 3.8) is 0 Å². The SMILES string of the molecule is CCCCCCCCC(CCCCCCCCCCCCCCCCCCc1ccccc1)C(OC)(OC)OC. The molecule has 0 saturated carbocycles. The van der Waals surface area contributed by atoms with E-state index in [2.05, 4.69) is 37.3 Å². The third-order valence-corrected chi connectivity index (χ3v) is 8.87. The van der Waals surface area contributed by atoms with Gasteiger partial charge in [-0.1, -0.05) is 172 Å². The quantitative estimate of drug-likeness (QED) is 0.0691. The Bertz CT molecular complexity index is 619. The highest BCUT2D eigenvalue weighted by molar-refractivity contribution is 5.14. The van der Waals surface area contributed by atoms with Gasteiger partial charge in [0.2, 0.25) is 0 Å². The molecule has 0 aliphatic carbocycles. The van der Waals surface area contributed by atoms with Crippen molar-refractivity contribution in [3.8, 4) is 0 Å². The van der Waals surface area contributed by atoms with E-state index >= 15 is 0 Å². The summed E-state index contributed by atoms with van der Waals surface area (Å²) in [5, 5.41) is 0.